The average molecular weight is 575 g/mol. The van der Waals surface area contributed by atoms with Crippen LogP contribution in [0.5, 0.6) is 0 Å². The van der Waals surface area contributed by atoms with Crippen molar-refractivity contribution in [3.8, 4) is 0 Å². The Morgan fingerprint density at radius 2 is 1.66 bits per heavy atom. The van der Waals surface area contributed by atoms with Gasteiger partial charge in [-0.25, -0.2) is 4.98 Å². The van der Waals surface area contributed by atoms with Crippen LogP contribution in [0.15, 0.2) is 48.8 Å². The summed E-state index contributed by atoms with van der Waals surface area (Å²) in [5.74, 6) is 1.14. The number of rotatable bonds is 13. The monoisotopic (exact) mass is 574 g/mol. The highest BCUT2D eigenvalue weighted by Gasteiger charge is 2.23. The number of hydrogen-bond acceptors (Lipinski definition) is 7. The van der Waals surface area contributed by atoms with Crippen molar-refractivity contribution in [1.82, 2.24) is 19.5 Å². The molecule has 2 aromatic heterocycles. The number of aliphatic hydroxyl groups is 1. The van der Waals surface area contributed by atoms with E-state index in [9.17, 15) is 9.67 Å². The fourth-order valence-corrected chi connectivity index (χ4v) is 7.93. The molecule has 0 saturated heterocycles. The van der Waals surface area contributed by atoms with Gasteiger partial charge in [0.2, 0.25) is 5.95 Å². The van der Waals surface area contributed by atoms with Gasteiger partial charge in [-0.15, -0.1) is 0 Å². The molecule has 8 nitrogen and oxygen atoms in total. The van der Waals surface area contributed by atoms with Crippen molar-refractivity contribution >= 4 is 53.3 Å². The lowest BCUT2D eigenvalue weighted by Crippen LogP contribution is -2.30. The Bertz CT molecular complexity index is 1510. The largest absolute Gasteiger partial charge is 0.394 e. The van der Waals surface area contributed by atoms with Crippen LogP contribution in [-0.2, 0) is 4.57 Å². The number of nitrogens with one attached hydrogen (secondary N) is 2. The Morgan fingerprint density at radius 1 is 1.00 bits per heavy atom. The molecule has 0 saturated carbocycles. The Kier molecular flexibility index (Phi) is 10.0. The molecule has 9 heteroatoms. The van der Waals surface area contributed by atoms with E-state index in [-0.39, 0.29) is 18.6 Å². The van der Waals surface area contributed by atoms with Gasteiger partial charge in [0.1, 0.15) is 13.5 Å². The molecule has 0 fully saturated rings. The van der Waals surface area contributed by atoms with E-state index in [1.54, 1.807) is 6.33 Å². The van der Waals surface area contributed by atoms with Crippen molar-refractivity contribution in [2.75, 3.05) is 29.6 Å². The van der Waals surface area contributed by atoms with E-state index in [0.29, 0.717) is 22.9 Å². The van der Waals surface area contributed by atoms with Crippen LogP contribution in [0.1, 0.15) is 57.2 Å². The molecule has 41 heavy (non-hydrogen) atoms. The third-order valence-corrected chi connectivity index (χ3v) is 11.0. The van der Waals surface area contributed by atoms with Crippen LogP contribution in [0.2, 0.25) is 0 Å². The zero-order valence-corrected chi connectivity index (χ0v) is 25.9. The average Bonchev–Trinajstić information content (AvgIpc) is 3.35. The summed E-state index contributed by atoms with van der Waals surface area (Å²) in [5.41, 5.74) is 5.63. The van der Waals surface area contributed by atoms with Gasteiger partial charge in [-0.2, -0.15) is 9.97 Å². The van der Waals surface area contributed by atoms with Crippen molar-refractivity contribution in [3.63, 3.8) is 0 Å². The number of nitrogens with zero attached hydrogens (tertiary/aromatic N) is 4. The second-order valence-electron chi connectivity index (χ2n) is 11.0. The van der Waals surface area contributed by atoms with Crippen LogP contribution in [0, 0.1) is 19.8 Å². The van der Waals surface area contributed by atoms with E-state index >= 15 is 0 Å². The molecule has 0 bridgehead atoms. The number of benzene rings is 2. The predicted molar refractivity (Wildman–Crippen MR) is 173 cm³/mol. The molecule has 4 aromatic rings. The highest BCUT2D eigenvalue weighted by atomic mass is 31.2. The van der Waals surface area contributed by atoms with Gasteiger partial charge in [-0.3, -0.25) is 4.57 Å². The van der Waals surface area contributed by atoms with E-state index in [1.807, 2.05) is 48.9 Å². The minimum absolute atomic E-state index is 0.0371. The van der Waals surface area contributed by atoms with Gasteiger partial charge >= 0.3 is 0 Å². The highest BCUT2D eigenvalue weighted by molar-refractivity contribution is 7.71. The number of imidazole rings is 1. The highest BCUT2D eigenvalue weighted by Crippen LogP contribution is 2.45. The van der Waals surface area contributed by atoms with E-state index in [1.165, 1.54) is 11.1 Å². The molecule has 2 heterocycles. The summed E-state index contributed by atoms with van der Waals surface area (Å²) in [6.07, 6.45) is 9.02. The molecule has 218 valence electrons. The Morgan fingerprint density at radius 3 is 2.24 bits per heavy atom. The zero-order valence-electron chi connectivity index (χ0n) is 25.1. The molecule has 0 aliphatic heterocycles. The van der Waals surface area contributed by atoms with Crippen LogP contribution >= 0.6 is 7.14 Å². The first-order valence-electron chi connectivity index (χ1n) is 14.5. The first-order chi connectivity index (χ1) is 19.7. The van der Waals surface area contributed by atoms with Crippen molar-refractivity contribution in [2.45, 2.75) is 60.4 Å². The second kappa shape index (κ2) is 13.5. The Balaban J connectivity index is 1.73. The minimum atomic E-state index is -2.40. The number of aromatic nitrogens is 4. The van der Waals surface area contributed by atoms with E-state index in [4.69, 9.17) is 9.97 Å². The fourth-order valence-electron chi connectivity index (χ4n) is 5.06. The summed E-state index contributed by atoms with van der Waals surface area (Å²) >= 11 is 0. The molecule has 0 aliphatic carbocycles. The van der Waals surface area contributed by atoms with Gasteiger partial charge in [0.05, 0.1) is 12.6 Å². The first-order valence-corrected chi connectivity index (χ1v) is 16.6. The molecule has 4 rings (SSSR count). The lowest BCUT2D eigenvalue weighted by atomic mass is 10.0. The normalized spacial score (nSPS) is 12.9. The Hall–Kier alpha value is -3.48. The molecule has 3 N–H and O–H groups in total. The minimum Gasteiger partial charge on any atom is -0.394 e. The maximum Gasteiger partial charge on any atom is 0.227 e. The summed E-state index contributed by atoms with van der Waals surface area (Å²) < 4.78 is 15.5. The lowest BCUT2D eigenvalue weighted by molar-refractivity contribution is 0.248. The Labute approximate surface area is 243 Å². The molecule has 0 aliphatic rings. The van der Waals surface area contributed by atoms with Crippen LogP contribution < -0.4 is 15.9 Å². The van der Waals surface area contributed by atoms with Crippen LogP contribution in [0.4, 0.5) is 17.5 Å². The summed E-state index contributed by atoms with van der Waals surface area (Å²) in [4.78, 5) is 14.2. The van der Waals surface area contributed by atoms with Crippen LogP contribution in [-0.4, -0.2) is 49.6 Å². The SMILES string of the molecule is CCCP(=O)(CCC)c1ccc(Nc2nc(N[C@@H](CO)C(C)C)nc3c2ncn3/C=C/c2c(C)cccc2C)cc1. The van der Waals surface area contributed by atoms with Gasteiger partial charge in [0.25, 0.3) is 0 Å². The number of fused-ring (bicyclic) bond motifs is 1. The van der Waals surface area contributed by atoms with E-state index in [2.05, 4.69) is 67.6 Å². The number of hydrogen-bond donors (Lipinski definition) is 3. The summed E-state index contributed by atoms with van der Waals surface area (Å²) in [7, 11) is -2.40. The molecule has 1 atom stereocenters. The van der Waals surface area contributed by atoms with Crippen molar-refractivity contribution in [3.05, 3.63) is 65.5 Å². The third-order valence-electron chi connectivity index (χ3n) is 7.45. The van der Waals surface area contributed by atoms with Gasteiger partial charge in [0.15, 0.2) is 17.0 Å². The predicted octanol–water partition coefficient (Wildman–Crippen LogP) is 7.05. The second-order valence-corrected chi connectivity index (χ2v) is 14.2. The smallest absolute Gasteiger partial charge is 0.227 e. The molecular formula is C32H43N6O2P. The molecule has 0 radical (unpaired) electrons. The standard InChI is InChI=1S/C32H43N6O2P/c1-7-18-41(40,19-8-2)26-14-12-25(13-15-26)34-30-29-31(37-32(36-30)35-28(20-39)22(3)4)38(21-33-29)17-16-27-23(5)10-9-11-24(27)6/h9-17,21-22,28,39H,7-8,18-20H2,1-6H3,(H2,34,35,36,37)/b17-16+/t28-/m0/s1. The quantitative estimate of drug-likeness (QED) is 0.147. The van der Waals surface area contributed by atoms with Crippen LogP contribution in [0.3, 0.4) is 0 Å². The third kappa shape index (κ3) is 7.06. The maximum atomic E-state index is 13.6. The summed E-state index contributed by atoms with van der Waals surface area (Å²) in [6, 6.07) is 13.9. The maximum absolute atomic E-state index is 13.6. The van der Waals surface area contributed by atoms with E-state index in [0.717, 1.165) is 41.7 Å². The summed E-state index contributed by atoms with van der Waals surface area (Å²) in [5, 5.41) is 17.6. The molecule has 2 aromatic carbocycles. The van der Waals surface area contributed by atoms with Crippen LogP contribution in [0.25, 0.3) is 23.4 Å². The molecule has 0 amide bonds. The fraction of sp³-hybridized carbons (Fsp3) is 0.406. The summed E-state index contributed by atoms with van der Waals surface area (Å²) in [6.45, 7) is 12.4. The van der Waals surface area contributed by atoms with Crippen molar-refractivity contribution in [1.29, 1.82) is 0 Å². The molecule has 0 spiro atoms. The number of aryl methyl sites for hydroxylation is 2. The lowest BCUT2D eigenvalue weighted by Gasteiger charge is -2.20. The van der Waals surface area contributed by atoms with Crippen molar-refractivity contribution in [2.24, 2.45) is 5.92 Å². The van der Waals surface area contributed by atoms with Gasteiger partial charge < -0.3 is 20.3 Å². The first kappa shape index (κ1) is 30.5. The zero-order chi connectivity index (χ0) is 29.6. The topological polar surface area (TPSA) is 105 Å². The van der Waals surface area contributed by atoms with Gasteiger partial charge in [-0.05, 0) is 79.6 Å². The van der Waals surface area contributed by atoms with E-state index < -0.39 is 7.14 Å². The molecular weight excluding hydrogens is 531 g/mol. The van der Waals surface area contributed by atoms with Gasteiger partial charge in [0, 0.05) is 29.5 Å². The van der Waals surface area contributed by atoms with Crippen molar-refractivity contribution < 1.29 is 9.67 Å². The van der Waals surface area contributed by atoms with Gasteiger partial charge in [-0.1, -0.05) is 45.9 Å². The number of anilines is 3. The number of aliphatic hydroxyl groups excluding tert-OH is 1. The molecule has 0 unspecified atom stereocenters.